The number of hydrogen-bond donors (Lipinski definition) is 0. The van der Waals surface area contributed by atoms with Crippen LogP contribution < -0.4 is 0 Å². The van der Waals surface area contributed by atoms with Gasteiger partial charge in [-0.2, -0.15) is 0 Å². The second-order valence-electron chi connectivity index (χ2n) is 4.64. The van der Waals surface area contributed by atoms with Crippen molar-refractivity contribution < 1.29 is 0 Å². The van der Waals surface area contributed by atoms with Crippen LogP contribution in [0.5, 0.6) is 0 Å². The van der Waals surface area contributed by atoms with Crippen LogP contribution in [0.1, 0.15) is 86.5 Å². The molecule has 0 nitrogen and oxygen atoms in total. The number of hydrogen-bond acceptors (Lipinski definition) is 0. The Morgan fingerprint density at radius 1 is 0.714 bits per heavy atom. The average Bonchev–Trinajstić information content (AvgIpc) is 2.79. The van der Waals surface area contributed by atoms with Crippen LogP contribution in [0.2, 0.25) is 0 Å². The summed E-state index contributed by atoms with van der Waals surface area (Å²) >= 11 is 0. The predicted octanol–water partition coefficient (Wildman–Crippen LogP) is 5.81. The molecule has 88 valence electrons. The zero-order chi connectivity index (χ0) is 11.4. The molecule has 1 aliphatic carbocycles. The lowest BCUT2D eigenvalue weighted by molar-refractivity contribution is 0.338. The smallest absolute Gasteiger partial charge is 0.0359 e. The maximum Gasteiger partial charge on any atom is -0.0359 e. The SMILES string of the molecule is C1CCCC1.CC.CCC(C)(C)CC. The summed E-state index contributed by atoms with van der Waals surface area (Å²) < 4.78 is 0. The summed E-state index contributed by atoms with van der Waals surface area (Å²) in [6.45, 7) is 13.1. The molecule has 0 saturated heterocycles. The summed E-state index contributed by atoms with van der Waals surface area (Å²) in [5.74, 6) is 0. The Kier molecular flexibility index (Phi) is 13.0. The van der Waals surface area contributed by atoms with Gasteiger partial charge in [0.05, 0.1) is 0 Å². The lowest BCUT2D eigenvalue weighted by Crippen LogP contribution is -2.05. The minimum Gasteiger partial charge on any atom is -0.0683 e. The molecule has 0 unspecified atom stereocenters. The first-order valence-corrected chi connectivity index (χ1v) is 6.62. The van der Waals surface area contributed by atoms with Crippen molar-refractivity contribution in [1.29, 1.82) is 0 Å². The maximum absolute atomic E-state index is 2.30. The largest absolute Gasteiger partial charge is 0.0683 e. The van der Waals surface area contributed by atoms with Crippen molar-refractivity contribution in [1.82, 2.24) is 0 Å². The van der Waals surface area contributed by atoms with Gasteiger partial charge in [0, 0.05) is 0 Å². The molecule has 0 atom stereocenters. The average molecular weight is 200 g/mol. The van der Waals surface area contributed by atoms with Crippen molar-refractivity contribution in [3.63, 3.8) is 0 Å². The van der Waals surface area contributed by atoms with Crippen molar-refractivity contribution in [3.05, 3.63) is 0 Å². The molecule has 1 fully saturated rings. The quantitative estimate of drug-likeness (QED) is 0.527. The lowest BCUT2D eigenvalue weighted by Gasteiger charge is -2.18. The van der Waals surface area contributed by atoms with Crippen molar-refractivity contribution >= 4 is 0 Å². The van der Waals surface area contributed by atoms with Crippen LogP contribution in [0.25, 0.3) is 0 Å². The second kappa shape index (κ2) is 11.1. The summed E-state index contributed by atoms with van der Waals surface area (Å²) in [4.78, 5) is 0. The van der Waals surface area contributed by atoms with E-state index in [0.717, 1.165) is 0 Å². The third kappa shape index (κ3) is 12.0. The zero-order valence-electron chi connectivity index (χ0n) is 11.4. The van der Waals surface area contributed by atoms with Crippen molar-refractivity contribution in [2.45, 2.75) is 86.5 Å². The van der Waals surface area contributed by atoms with Gasteiger partial charge >= 0.3 is 0 Å². The molecule has 0 N–H and O–H groups in total. The maximum atomic E-state index is 2.30. The zero-order valence-corrected chi connectivity index (χ0v) is 11.4. The molecule has 0 aromatic carbocycles. The van der Waals surface area contributed by atoms with Crippen LogP contribution in [-0.2, 0) is 0 Å². The van der Waals surface area contributed by atoms with E-state index in [2.05, 4.69) is 27.7 Å². The fourth-order valence-electron chi connectivity index (χ4n) is 1.13. The van der Waals surface area contributed by atoms with Gasteiger partial charge in [-0.1, -0.05) is 86.5 Å². The standard InChI is InChI=1S/C7H16.C5H10.C2H6/c1-5-7(3,4)6-2;1-2-4-5-3-1;1-2/h5-6H2,1-4H3;1-5H2;1-2H3. The van der Waals surface area contributed by atoms with E-state index >= 15 is 0 Å². The van der Waals surface area contributed by atoms with Crippen molar-refractivity contribution in [2.24, 2.45) is 5.41 Å². The molecule has 0 bridgehead atoms. The van der Waals surface area contributed by atoms with E-state index in [1.807, 2.05) is 13.8 Å². The lowest BCUT2D eigenvalue weighted by atomic mass is 9.88. The van der Waals surface area contributed by atoms with Gasteiger partial charge in [-0.25, -0.2) is 0 Å². The van der Waals surface area contributed by atoms with E-state index in [-0.39, 0.29) is 0 Å². The first-order valence-electron chi connectivity index (χ1n) is 6.62. The summed E-state index contributed by atoms with van der Waals surface area (Å²) in [5, 5.41) is 0. The van der Waals surface area contributed by atoms with Crippen LogP contribution in [-0.4, -0.2) is 0 Å². The van der Waals surface area contributed by atoms with Crippen LogP contribution in [0.4, 0.5) is 0 Å². The Hall–Kier alpha value is 0. The van der Waals surface area contributed by atoms with Gasteiger partial charge in [0.15, 0.2) is 0 Å². The van der Waals surface area contributed by atoms with Crippen LogP contribution >= 0.6 is 0 Å². The fraction of sp³-hybridized carbons (Fsp3) is 1.00. The number of rotatable bonds is 2. The van der Waals surface area contributed by atoms with Gasteiger partial charge < -0.3 is 0 Å². The molecule has 0 aromatic rings. The van der Waals surface area contributed by atoms with Crippen molar-refractivity contribution in [3.8, 4) is 0 Å². The van der Waals surface area contributed by atoms with E-state index in [1.165, 1.54) is 44.9 Å². The highest BCUT2D eigenvalue weighted by atomic mass is 14.1. The minimum atomic E-state index is 0.583. The molecular formula is C14H32. The summed E-state index contributed by atoms with van der Waals surface area (Å²) in [6, 6.07) is 0. The highest BCUT2D eigenvalue weighted by Crippen LogP contribution is 2.22. The van der Waals surface area contributed by atoms with Crippen molar-refractivity contribution in [2.75, 3.05) is 0 Å². The van der Waals surface area contributed by atoms with Gasteiger partial charge in [-0.15, -0.1) is 0 Å². The van der Waals surface area contributed by atoms with Gasteiger partial charge in [-0.05, 0) is 5.41 Å². The van der Waals surface area contributed by atoms with E-state index in [0.29, 0.717) is 5.41 Å². The van der Waals surface area contributed by atoms with Gasteiger partial charge in [-0.3, -0.25) is 0 Å². The highest BCUT2D eigenvalue weighted by Gasteiger charge is 2.09. The Bertz CT molecular complexity index is 74.6. The molecule has 0 aromatic heterocycles. The third-order valence-electron chi connectivity index (χ3n) is 3.16. The summed E-state index contributed by atoms with van der Waals surface area (Å²) in [7, 11) is 0. The van der Waals surface area contributed by atoms with Crippen LogP contribution in [0.15, 0.2) is 0 Å². The highest BCUT2D eigenvalue weighted by molar-refractivity contribution is 4.61. The molecule has 0 amide bonds. The Morgan fingerprint density at radius 2 is 0.929 bits per heavy atom. The monoisotopic (exact) mass is 200 g/mol. The normalized spacial score (nSPS) is 15.0. The van der Waals surface area contributed by atoms with Gasteiger partial charge in [0.25, 0.3) is 0 Å². The molecule has 0 heteroatoms. The fourth-order valence-corrected chi connectivity index (χ4v) is 1.13. The Balaban J connectivity index is 0. The molecule has 1 saturated carbocycles. The molecule has 0 heterocycles. The predicted molar refractivity (Wildman–Crippen MR) is 68.8 cm³/mol. The Morgan fingerprint density at radius 3 is 1.00 bits per heavy atom. The molecule has 0 spiro atoms. The van der Waals surface area contributed by atoms with E-state index in [9.17, 15) is 0 Å². The van der Waals surface area contributed by atoms with Gasteiger partial charge in [0.2, 0.25) is 0 Å². The van der Waals surface area contributed by atoms with E-state index in [4.69, 9.17) is 0 Å². The van der Waals surface area contributed by atoms with Crippen LogP contribution in [0, 0.1) is 5.41 Å². The van der Waals surface area contributed by atoms with Gasteiger partial charge in [0.1, 0.15) is 0 Å². The molecule has 1 rings (SSSR count). The summed E-state index contributed by atoms with van der Waals surface area (Å²) in [5.41, 5.74) is 0.583. The third-order valence-corrected chi connectivity index (χ3v) is 3.16. The molecule has 14 heavy (non-hydrogen) atoms. The molecule has 0 aliphatic heterocycles. The Labute approximate surface area is 92.5 Å². The topological polar surface area (TPSA) is 0 Å². The van der Waals surface area contributed by atoms with E-state index in [1.54, 1.807) is 0 Å². The molecule has 1 aliphatic rings. The van der Waals surface area contributed by atoms with E-state index < -0.39 is 0 Å². The second-order valence-corrected chi connectivity index (χ2v) is 4.64. The van der Waals surface area contributed by atoms with Crippen LogP contribution in [0.3, 0.4) is 0 Å². The minimum absolute atomic E-state index is 0.583. The summed E-state index contributed by atoms with van der Waals surface area (Å²) in [6.07, 6.45) is 10.1. The first kappa shape index (κ1) is 16.4. The first-order chi connectivity index (χ1) is 6.62. The molecule has 0 radical (unpaired) electrons. The molecular weight excluding hydrogens is 168 g/mol.